The van der Waals surface area contributed by atoms with Gasteiger partial charge in [0.05, 0.1) is 0 Å². The van der Waals surface area contributed by atoms with Crippen molar-refractivity contribution in [3.8, 4) is 0 Å². The summed E-state index contributed by atoms with van der Waals surface area (Å²) in [6.07, 6.45) is 1.28. The molecule has 0 fully saturated rings. The van der Waals surface area contributed by atoms with Crippen molar-refractivity contribution in [3.05, 3.63) is 17.0 Å². The van der Waals surface area contributed by atoms with Gasteiger partial charge in [-0.3, -0.25) is 0 Å². The molecule has 1 rings (SSSR count). The van der Waals surface area contributed by atoms with Gasteiger partial charge in [0.25, 0.3) is 0 Å². The number of nitrogens with one attached hydrogen (secondary N) is 1. The Kier molecular flexibility index (Phi) is 4.72. The van der Waals surface area contributed by atoms with Crippen LogP contribution in [-0.4, -0.2) is 26.7 Å². The molecule has 0 aliphatic rings. The summed E-state index contributed by atoms with van der Waals surface area (Å²) in [4.78, 5) is 1.05. The van der Waals surface area contributed by atoms with E-state index in [2.05, 4.69) is 4.72 Å². The summed E-state index contributed by atoms with van der Waals surface area (Å²) in [7, 11) is -3.36. The van der Waals surface area contributed by atoms with E-state index in [0.717, 1.165) is 11.3 Å². The highest BCUT2D eigenvalue weighted by atomic mass is 32.2. The number of hydrogen-bond acceptors (Lipinski definition) is 4. The van der Waals surface area contributed by atoms with Crippen molar-refractivity contribution < 1.29 is 13.5 Å². The minimum absolute atomic E-state index is 0.00678. The SMILES string of the molecule is CCc1ccc(S(=O)(=O)NCCCO)s1. The van der Waals surface area contributed by atoms with Crippen LogP contribution in [0.15, 0.2) is 16.3 Å². The van der Waals surface area contributed by atoms with Gasteiger partial charge in [-0.1, -0.05) is 6.92 Å². The molecule has 0 aliphatic heterocycles. The molecule has 86 valence electrons. The molecule has 2 N–H and O–H groups in total. The van der Waals surface area contributed by atoms with E-state index >= 15 is 0 Å². The number of aliphatic hydroxyl groups excluding tert-OH is 1. The summed E-state index contributed by atoms with van der Waals surface area (Å²) in [6.45, 7) is 2.26. The first-order chi connectivity index (χ1) is 7.10. The summed E-state index contributed by atoms with van der Waals surface area (Å²) < 4.78 is 26.1. The molecule has 4 nitrogen and oxygen atoms in total. The summed E-state index contributed by atoms with van der Waals surface area (Å²) in [5.74, 6) is 0. The summed E-state index contributed by atoms with van der Waals surface area (Å²) >= 11 is 1.28. The standard InChI is InChI=1S/C9H15NO3S2/c1-2-8-4-5-9(14-8)15(12,13)10-6-3-7-11/h4-5,10-11H,2-3,6-7H2,1H3. The lowest BCUT2D eigenvalue weighted by atomic mass is 10.4. The quantitative estimate of drug-likeness (QED) is 0.738. The number of hydrogen-bond donors (Lipinski definition) is 2. The Balaban J connectivity index is 2.68. The molecule has 0 radical (unpaired) electrons. The van der Waals surface area contributed by atoms with Crippen LogP contribution < -0.4 is 4.72 Å². The van der Waals surface area contributed by atoms with E-state index in [4.69, 9.17) is 5.11 Å². The van der Waals surface area contributed by atoms with E-state index in [-0.39, 0.29) is 13.2 Å². The zero-order valence-corrected chi connectivity index (χ0v) is 10.2. The minimum Gasteiger partial charge on any atom is -0.396 e. The molecular formula is C9H15NO3S2. The maximum atomic E-state index is 11.7. The third-order valence-electron chi connectivity index (χ3n) is 1.88. The first-order valence-corrected chi connectivity index (χ1v) is 7.09. The maximum absolute atomic E-state index is 11.7. The zero-order valence-electron chi connectivity index (χ0n) is 8.56. The summed E-state index contributed by atoms with van der Waals surface area (Å²) in [5.41, 5.74) is 0. The molecule has 0 aromatic carbocycles. The molecule has 0 spiro atoms. The number of aliphatic hydroxyl groups is 1. The number of aryl methyl sites for hydroxylation is 1. The molecule has 0 saturated carbocycles. The van der Waals surface area contributed by atoms with Gasteiger partial charge in [-0.25, -0.2) is 13.1 Å². The molecule has 0 bridgehead atoms. The monoisotopic (exact) mass is 249 g/mol. The lowest BCUT2D eigenvalue weighted by molar-refractivity contribution is 0.289. The lowest BCUT2D eigenvalue weighted by Gasteiger charge is -2.02. The van der Waals surface area contributed by atoms with Gasteiger partial charge in [-0.2, -0.15) is 0 Å². The van der Waals surface area contributed by atoms with Crippen LogP contribution in [0.4, 0.5) is 0 Å². The fourth-order valence-electron chi connectivity index (χ4n) is 1.05. The van der Waals surface area contributed by atoms with Crippen LogP contribution in [0.1, 0.15) is 18.2 Å². The van der Waals surface area contributed by atoms with Crippen molar-refractivity contribution in [1.82, 2.24) is 4.72 Å². The van der Waals surface area contributed by atoms with Crippen LogP contribution in [0.25, 0.3) is 0 Å². The van der Waals surface area contributed by atoms with Gasteiger partial charge in [-0.05, 0) is 25.0 Å². The molecule has 1 heterocycles. The van der Waals surface area contributed by atoms with E-state index in [1.165, 1.54) is 11.3 Å². The van der Waals surface area contributed by atoms with E-state index in [9.17, 15) is 8.42 Å². The van der Waals surface area contributed by atoms with Crippen LogP contribution in [0, 0.1) is 0 Å². The molecule has 1 aromatic heterocycles. The predicted octanol–water partition coefficient (Wildman–Crippen LogP) is 0.971. The van der Waals surface area contributed by atoms with Crippen molar-refractivity contribution in [1.29, 1.82) is 0 Å². The Hall–Kier alpha value is -0.430. The number of rotatable bonds is 6. The van der Waals surface area contributed by atoms with Crippen molar-refractivity contribution >= 4 is 21.4 Å². The van der Waals surface area contributed by atoms with Gasteiger partial charge in [0.15, 0.2) is 0 Å². The van der Waals surface area contributed by atoms with Gasteiger partial charge in [0, 0.05) is 18.0 Å². The maximum Gasteiger partial charge on any atom is 0.250 e. The fraction of sp³-hybridized carbons (Fsp3) is 0.556. The first kappa shape index (κ1) is 12.6. The Labute approximate surface area is 94.0 Å². The van der Waals surface area contributed by atoms with Crippen molar-refractivity contribution in [2.75, 3.05) is 13.2 Å². The molecule has 0 amide bonds. The van der Waals surface area contributed by atoms with Gasteiger partial charge >= 0.3 is 0 Å². The molecule has 0 saturated heterocycles. The number of thiophene rings is 1. The molecule has 0 atom stereocenters. The molecule has 15 heavy (non-hydrogen) atoms. The third-order valence-corrected chi connectivity index (χ3v) is 5.06. The predicted molar refractivity (Wildman–Crippen MR) is 60.6 cm³/mol. The average Bonchev–Trinajstić information content (AvgIpc) is 2.66. The van der Waals surface area contributed by atoms with Crippen LogP contribution >= 0.6 is 11.3 Å². The second kappa shape index (κ2) is 5.60. The average molecular weight is 249 g/mol. The van der Waals surface area contributed by atoms with E-state index in [0.29, 0.717) is 10.6 Å². The van der Waals surface area contributed by atoms with E-state index in [1.807, 2.05) is 13.0 Å². The highest BCUT2D eigenvalue weighted by Gasteiger charge is 2.15. The van der Waals surface area contributed by atoms with Crippen LogP contribution in [0.2, 0.25) is 0 Å². The van der Waals surface area contributed by atoms with Gasteiger partial charge in [0.1, 0.15) is 4.21 Å². The molecule has 1 aromatic rings. The summed E-state index contributed by atoms with van der Waals surface area (Å²) in [6, 6.07) is 3.44. The highest BCUT2D eigenvalue weighted by molar-refractivity contribution is 7.91. The van der Waals surface area contributed by atoms with E-state index < -0.39 is 10.0 Å². The minimum atomic E-state index is -3.36. The largest absolute Gasteiger partial charge is 0.396 e. The Morgan fingerprint density at radius 2 is 2.20 bits per heavy atom. The smallest absolute Gasteiger partial charge is 0.250 e. The Morgan fingerprint density at radius 3 is 2.73 bits per heavy atom. The fourth-order valence-corrected chi connectivity index (χ4v) is 3.46. The second-order valence-corrected chi connectivity index (χ2v) is 6.21. The Morgan fingerprint density at radius 1 is 1.47 bits per heavy atom. The van der Waals surface area contributed by atoms with Crippen LogP contribution in [0.3, 0.4) is 0 Å². The van der Waals surface area contributed by atoms with Crippen molar-refractivity contribution in [3.63, 3.8) is 0 Å². The molecule has 0 unspecified atom stereocenters. The Bertz CT molecular complexity index is 397. The van der Waals surface area contributed by atoms with Gasteiger partial charge in [-0.15, -0.1) is 11.3 Å². The molecule has 6 heteroatoms. The van der Waals surface area contributed by atoms with Gasteiger partial charge < -0.3 is 5.11 Å². The van der Waals surface area contributed by atoms with Crippen molar-refractivity contribution in [2.24, 2.45) is 0 Å². The third kappa shape index (κ3) is 3.57. The number of sulfonamides is 1. The zero-order chi connectivity index (χ0) is 11.3. The van der Waals surface area contributed by atoms with Crippen molar-refractivity contribution in [2.45, 2.75) is 24.0 Å². The first-order valence-electron chi connectivity index (χ1n) is 4.79. The molecular weight excluding hydrogens is 234 g/mol. The van der Waals surface area contributed by atoms with Crippen LogP contribution in [-0.2, 0) is 16.4 Å². The highest BCUT2D eigenvalue weighted by Crippen LogP contribution is 2.21. The molecule has 0 aliphatic carbocycles. The summed E-state index contributed by atoms with van der Waals surface area (Å²) in [5, 5.41) is 8.54. The van der Waals surface area contributed by atoms with Crippen LogP contribution in [0.5, 0.6) is 0 Å². The van der Waals surface area contributed by atoms with E-state index in [1.54, 1.807) is 6.07 Å². The topological polar surface area (TPSA) is 66.4 Å². The second-order valence-electron chi connectivity index (χ2n) is 3.05. The lowest BCUT2D eigenvalue weighted by Crippen LogP contribution is -2.24. The normalized spacial score (nSPS) is 11.9. The van der Waals surface area contributed by atoms with Gasteiger partial charge in [0.2, 0.25) is 10.0 Å².